The van der Waals surface area contributed by atoms with Gasteiger partial charge in [-0.05, 0) is 51.8 Å². The maximum Gasteiger partial charge on any atom is 0.171 e. The highest BCUT2D eigenvalue weighted by Gasteiger charge is 2.06. The molecule has 0 unspecified atom stereocenters. The first kappa shape index (κ1) is 14.9. The van der Waals surface area contributed by atoms with Gasteiger partial charge < -0.3 is 15.7 Å². The minimum Gasteiger partial charge on any atom is -0.489 e. The lowest BCUT2D eigenvalue weighted by molar-refractivity contribution is 0.306. The Bertz CT molecular complexity index is 645. The Hall–Kier alpha value is -1.53. The molecule has 20 heavy (non-hydrogen) atoms. The number of rotatable bonds is 4. The largest absolute Gasteiger partial charge is 0.489 e. The van der Waals surface area contributed by atoms with E-state index in [9.17, 15) is 0 Å². The quantitative estimate of drug-likeness (QED) is 0.354. The van der Waals surface area contributed by atoms with Crippen LogP contribution in [-0.2, 0) is 6.61 Å². The first-order chi connectivity index (χ1) is 9.60. The molecule has 4 nitrogen and oxygen atoms in total. The molecule has 0 aliphatic heterocycles. The zero-order chi connectivity index (χ0) is 14.5. The van der Waals surface area contributed by atoms with Gasteiger partial charge >= 0.3 is 0 Å². The zero-order valence-electron chi connectivity index (χ0n) is 10.4. The summed E-state index contributed by atoms with van der Waals surface area (Å²) in [6, 6.07) is 13.2. The fourth-order valence-electron chi connectivity index (χ4n) is 1.64. The molecule has 3 N–H and O–H groups in total. The Kier molecular flexibility index (Phi) is 5.03. The van der Waals surface area contributed by atoms with Gasteiger partial charge in [0.05, 0.1) is 0 Å². The molecule has 0 aliphatic rings. The minimum atomic E-state index is 0.0513. The second-order valence-corrected chi connectivity index (χ2v) is 5.82. The molecule has 0 radical (unpaired) electrons. The third kappa shape index (κ3) is 3.74. The van der Waals surface area contributed by atoms with Gasteiger partial charge in [0, 0.05) is 14.5 Å². The molecular formula is C14H12Br2N2O2. The lowest BCUT2D eigenvalue weighted by Gasteiger charge is -2.09. The molecule has 0 amide bonds. The van der Waals surface area contributed by atoms with Crippen LogP contribution in [0.2, 0.25) is 0 Å². The Balaban J connectivity index is 2.09. The van der Waals surface area contributed by atoms with Crippen molar-refractivity contribution in [2.24, 2.45) is 10.9 Å². The summed E-state index contributed by atoms with van der Waals surface area (Å²) in [5.74, 6) is 0.752. The summed E-state index contributed by atoms with van der Waals surface area (Å²) in [6.07, 6.45) is 0. The number of oxime groups is 1. The van der Waals surface area contributed by atoms with E-state index in [-0.39, 0.29) is 5.84 Å². The third-order valence-electron chi connectivity index (χ3n) is 2.62. The van der Waals surface area contributed by atoms with Crippen molar-refractivity contribution in [3.05, 3.63) is 62.5 Å². The molecule has 2 aromatic rings. The highest BCUT2D eigenvalue weighted by atomic mass is 79.9. The Morgan fingerprint density at radius 3 is 2.65 bits per heavy atom. The van der Waals surface area contributed by atoms with E-state index >= 15 is 0 Å². The van der Waals surface area contributed by atoms with Crippen LogP contribution in [0.1, 0.15) is 11.1 Å². The summed E-state index contributed by atoms with van der Waals surface area (Å²) in [5, 5.41) is 11.6. The molecule has 0 atom stereocenters. The average molecular weight is 400 g/mol. The van der Waals surface area contributed by atoms with Crippen LogP contribution in [-0.4, -0.2) is 11.0 Å². The number of halogens is 2. The number of amidine groups is 1. The van der Waals surface area contributed by atoms with Crippen LogP contribution in [0.3, 0.4) is 0 Å². The van der Waals surface area contributed by atoms with E-state index in [1.807, 2.05) is 24.3 Å². The van der Waals surface area contributed by atoms with Gasteiger partial charge in [-0.15, -0.1) is 0 Å². The second-order valence-electron chi connectivity index (χ2n) is 4.05. The van der Waals surface area contributed by atoms with Crippen LogP contribution >= 0.6 is 31.9 Å². The summed E-state index contributed by atoms with van der Waals surface area (Å²) in [7, 11) is 0. The van der Waals surface area contributed by atoms with Crippen LogP contribution < -0.4 is 10.5 Å². The summed E-state index contributed by atoms with van der Waals surface area (Å²) in [6.45, 7) is 0.467. The molecule has 104 valence electrons. The summed E-state index contributed by atoms with van der Waals surface area (Å²) in [4.78, 5) is 0. The van der Waals surface area contributed by atoms with Gasteiger partial charge in [0.25, 0.3) is 0 Å². The number of benzene rings is 2. The standard InChI is InChI=1S/C14H12Br2N2O2/c15-10-3-1-2-9(6-10)8-20-11-4-5-12(13(16)7-11)14(17)18-19/h1-7,19H,8H2,(H2,17,18). The molecule has 0 aliphatic carbocycles. The lowest BCUT2D eigenvalue weighted by Crippen LogP contribution is -2.13. The highest BCUT2D eigenvalue weighted by molar-refractivity contribution is 9.10. The summed E-state index contributed by atoms with van der Waals surface area (Å²) < 4.78 is 7.43. The topological polar surface area (TPSA) is 67.8 Å². The molecule has 0 saturated heterocycles. The maximum absolute atomic E-state index is 8.67. The van der Waals surface area contributed by atoms with E-state index in [1.165, 1.54) is 0 Å². The van der Waals surface area contributed by atoms with Crippen molar-refractivity contribution in [2.45, 2.75) is 6.61 Å². The number of ether oxygens (including phenoxy) is 1. The van der Waals surface area contributed by atoms with Gasteiger partial charge in [-0.1, -0.05) is 33.2 Å². The molecule has 0 aromatic heterocycles. The van der Waals surface area contributed by atoms with Crippen LogP contribution in [0.4, 0.5) is 0 Å². The average Bonchev–Trinajstić information content (AvgIpc) is 2.44. The molecule has 0 bridgehead atoms. The number of hydrogen-bond donors (Lipinski definition) is 2. The van der Waals surface area contributed by atoms with E-state index in [2.05, 4.69) is 37.0 Å². The zero-order valence-corrected chi connectivity index (χ0v) is 13.6. The normalized spacial score (nSPS) is 11.4. The molecule has 2 aromatic carbocycles. The lowest BCUT2D eigenvalue weighted by atomic mass is 10.2. The van der Waals surface area contributed by atoms with Crippen molar-refractivity contribution in [2.75, 3.05) is 0 Å². The Morgan fingerprint density at radius 2 is 2.00 bits per heavy atom. The highest BCUT2D eigenvalue weighted by Crippen LogP contribution is 2.24. The van der Waals surface area contributed by atoms with Crippen molar-refractivity contribution >= 4 is 37.7 Å². The molecular weight excluding hydrogens is 388 g/mol. The predicted octanol–water partition coefficient (Wildman–Crippen LogP) is 3.89. The Labute approximate surface area is 133 Å². The maximum atomic E-state index is 8.67. The van der Waals surface area contributed by atoms with Crippen molar-refractivity contribution < 1.29 is 9.94 Å². The Morgan fingerprint density at radius 1 is 1.20 bits per heavy atom. The van der Waals surface area contributed by atoms with Gasteiger partial charge in [-0.3, -0.25) is 0 Å². The fraction of sp³-hybridized carbons (Fsp3) is 0.0714. The van der Waals surface area contributed by atoms with Gasteiger partial charge in [-0.25, -0.2) is 0 Å². The van der Waals surface area contributed by atoms with E-state index in [1.54, 1.807) is 18.2 Å². The SMILES string of the molecule is N/C(=N/O)c1ccc(OCc2cccc(Br)c2)cc1Br. The van der Waals surface area contributed by atoms with E-state index in [0.717, 1.165) is 10.0 Å². The fourth-order valence-corrected chi connectivity index (χ4v) is 2.65. The van der Waals surface area contributed by atoms with Crippen LogP contribution in [0.5, 0.6) is 5.75 Å². The summed E-state index contributed by atoms with van der Waals surface area (Å²) >= 11 is 6.79. The molecule has 0 spiro atoms. The van der Waals surface area contributed by atoms with E-state index in [0.29, 0.717) is 22.4 Å². The van der Waals surface area contributed by atoms with Crippen LogP contribution in [0.25, 0.3) is 0 Å². The summed E-state index contributed by atoms with van der Waals surface area (Å²) in [5.41, 5.74) is 7.23. The molecule has 0 fully saturated rings. The van der Waals surface area contributed by atoms with Crippen LogP contribution in [0, 0.1) is 0 Å². The van der Waals surface area contributed by atoms with Crippen LogP contribution in [0.15, 0.2) is 56.6 Å². The minimum absolute atomic E-state index is 0.0513. The van der Waals surface area contributed by atoms with Crippen molar-refractivity contribution in [1.82, 2.24) is 0 Å². The molecule has 0 heterocycles. The van der Waals surface area contributed by atoms with Gasteiger partial charge in [-0.2, -0.15) is 0 Å². The number of hydrogen-bond acceptors (Lipinski definition) is 3. The van der Waals surface area contributed by atoms with Crippen molar-refractivity contribution in [3.63, 3.8) is 0 Å². The third-order valence-corrected chi connectivity index (χ3v) is 3.77. The molecule has 6 heteroatoms. The first-order valence-electron chi connectivity index (χ1n) is 5.75. The van der Waals surface area contributed by atoms with Crippen molar-refractivity contribution in [3.8, 4) is 5.75 Å². The van der Waals surface area contributed by atoms with E-state index < -0.39 is 0 Å². The smallest absolute Gasteiger partial charge is 0.171 e. The molecule has 2 rings (SSSR count). The predicted molar refractivity (Wildman–Crippen MR) is 85.1 cm³/mol. The first-order valence-corrected chi connectivity index (χ1v) is 7.33. The number of nitrogens with two attached hydrogens (primary N) is 1. The van der Waals surface area contributed by atoms with Gasteiger partial charge in [0.15, 0.2) is 5.84 Å². The number of nitrogens with zero attached hydrogens (tertiary/aromatic N) is 1. The van der Waals surface area contributed by atoms with Gasteiger partial charge in [0.2, 0.25) is 0 Å². The van der Waals surface area contributed by atoms with Gasteiger partial charge in [0.1, 0.15) is 12.4 Å². The second kappa shape index (κ2) is 6.76. The van der Waals surface area contributed by atoms with Crippen molar-refractivity contribution in [1.29, 1.82) is 0 Å². The monoisotopic (exact) mass is 398 g/mol. The molecule has 0 saturated carbocycles. The van der Waals surface area contributed by atoms with E-state index in [4.69, 9.17) is 15.7 Å².